The van der Waals surface area contributed by atoms with Crippen LogP contribution in [-0.2, 0) is 9.22 Å². The largest absolute Gasteiger partial charge is 0.224 e. The Labute approximate surface area is 63.8 Å². The highest BCUT2D eigenvalue weighted by atomic mass is 32.2. The molecule has 1 heterocycles. The lowest BCUT2D eigenvalue weighted by molar-refractivity contribution is -0.189. The van der Waals surface area contributed by atoms with Crippen molar-refractivity contribution in [2.75, 3.05) is 23.9 Å². The molecule has 1 aliphatic rings. The molecule has 0 aromatic rings. The van der Waals surface area contributed by atoms with Crippen molar-refractivity contribution in [1.29, 1.82) is 0 Å². The van der Waals surface area contributed by atoms with Gasteiger partial charge in [-0.05, 0) is 12.2 Å². The number of hydrogen-bond acceptors (Lipinski definition) is 4. The van der Waals surface area contributed by atoms with Gasteiger partial charge in [0, 0.05) is 23.5 Å². The van der Waals surface area contributed by atoms with Crippen molar-refractivity contribution in [1.82, 2.24) is 0 Å². The van der Waals surface area contributed by atoms with E-state index in [9.17, 15) is 0 Å². The van der Waals surface area contributed by atoms with Crippen LogP contribution in [0.3, 0.4) is 0 Å². The lowest BCUT2D eigenvalue weighted by atomic mass is 10.5. The van der Waals surface area contributed by atoms with Crippen LogP contribution >= 0.6 is 23.8 Å². The van der Waals surface area contributed by atoms with Crippen LogP contribution < -0.4 is 0 Å². The minimum Gasteiger partial charge on any atom is -0.224 e. The smallest absolute Gasteiger partial charge is 0.0842 e. The van der Waals surface area contributed by atoms with Crippen molar-refractivity contribution in [2.24, 2.45) is 0 Å². The van der Waals surface area contributed by atoms with Crippen molar-refractivity contribution < 1.29 is 9.22 Å². The van der Waals surface area contributed by atoms with E-state index in [1.165, 1.54) is 23.5 Å². The van der Waals surface area contributed by atoms with Gasteiger partial charge in [-0.15, -0.1) is 0 Å². The quantitative estimate of drug-likeness (QED) is 0.403. The van der Waals surface area contributed by atoms with Gasteiger partial charge in [0.2, 0.25) is 0 Å². The molecule has 2 nitrogen and oxygen atoms in total. The molecule has 0 spiro atoms. The fourth-order valence-corrected chi connectivity index (χ4v) is 1.99. The van der Waals surface area contributed by atoms with Gasteiger partial charge in [0.05, 0.1) is 6.61 Å². The first-order valence-corrected chi connectivity index (χ1v) is 5.05. The van der Waals surface area contributed by atoms with E-state index in [0.29, 0.717) is 0 Å². The third-order valence-electron chi connectivity index (χ3n) is 0.924. The molecular formula is C5H10O2S2. The molecule has 0 amide bonds. The fourth-order valence-electron chi connectivity index (χ4n) is 0.517. The van der Waals surface area contributed by atoms with Crippen LogP contribution in [0.2, 0.25) is 0 Å². The van der Waals surface area contributed by atoms with Crippen LogP contribution in [0.1, 0.15) is 6.42 Å². The predicted molar refractivity (Wildman–Crippen MR) is 41.4 cm³/mol. The zero-order valence-electron chi connectivity index (χ0n) is 5.17. The molecule has 1 aliphatic heterocycles. The maximum atomic E-state index is 4.80. The predicted octanol–water partition coefficient (Wildman–Crippen LogP) is 1.72. The van der Waals surface area contributed by atoms with E-state index in [2.05, 4.69) is 0 Å². The Hall–Kier alpha value is 0.620. The fraction of sp³-hybridized carbons (Fsp3) is 1.00. The second kappa shape index (κ2) is 5.41. The molecule has 54 valence electrons. The van der Waals surface area contributed by atoms with Crippen LogP contribution in [0.5, 0.6) is 0 Å². The van der Waals surface area contributed by atoms with Crippen molar-refractivity contribution in [3.63, 3.8) is 0 Å². The molecule has 1 saturated heterocycles. The first-order valence-electron chi connectivity index (χ1n) is 2.99. The summed E-state index contributed by atoms with van der Waals surface area (Å²) in [5.74, 6) is 3.41. The molecule has 9 heavy (non-hydrogen) atoms. The van der Waals surface area contributed by atoms with E-state index < -0.39 is 0 Å². The summed E-state index contributed by atoms with van der Waals surface area (Å²) >= 11 is 3.36. The lowest BCUT2D eigenvalue weighted by Gasteiger charge is -1.95. The van der Waals surface area contributed by atoms with Gasteiger partial charge >= 0.3 is 0 Å². The molecule has 0 saturated carbocycles. The monoisotopic (exact) mass is 166 g/mol. The molecule has 1 rings (SSSR count). The van der Waals surface area contributed by atoms with Gasteiger partial charge < -0.3 is 0 Å². The van der Waals surface area contributed by atoms with Crippen molar-refractivity contribution in [2.45, 2.75) is 6.42 Å². The summed E-state index contributed by atoms with van der Waals surface area (Å²) in [6.45, 7) is 0.736. The Kier molecular flexibility index (Phi) is 4.64. The average molecular weight is 166 g/mol. The molecule has 0 aliphatic carbocycles. The summed E-state index contributed by atoms with van der Waals surface area (Å²) in [7, 11) is 0. The Morgan fingerprint density at radius 3 is 3.11 bits per heavy atom. The molecule has 4 heteroatoms. The van der Waals surface area contributed by atoms with E-state index in [-0.39, 0.29) is 0 Å². The molecule has 0 N–H and O–H groups in total. The van der Waals surface area contributed by atoms with Gasteiger partial charge in [-0.2, -0.15) is 16.1 Å². The van der Waals surface area contributed by atoms with E-state index in [4.69, 9.17) is 9.22 Å². The van der Waals surface area contributed by atoms with E-state index in [1.54, 1.807) is 0 Å². The molecule has 0 aromatic carbocycles. The third-order valence-corrected chi connectivity index (χ3v) is 2.82. The Bertz CT molecular complexity index is 41.4. The SMILES string of the molecule is C1COOSCCSC1. The molecule has 0 radical (unpaired) electrons. The first kappa shape index (κ1) is 7.72. The molecular weight excluding hydrogens is 156 g/mol. The Morgan fingerprint density at radius 2 is 2.11 bits per heavy atom. The summed E-state index contributed by atoms with van der Waals surface area (Å²) in [5, 5.41) is 0. The minimum atomic E-state index is 0.736. The van der Waals surface area contributed by atoms with Crippen molar-refractivity contribution in [3.8, 4) is 0 Å². The van der Waals surface area contributed by atoms with Gasteiger partial charge in [0.1, 0.15) is 0 Å². The summed E-state index contributed by atoms with van der Waals surface area (Å²) in [6, 6.07) is 0. The zero-order valence-corrected chi connectivity index (χ0v) is 6.80. The lowest BCUT2D eigenvalue weighted by Crippen LogP contribution is -1.90. The maximum Gasteiger partial charge on any atom is 0.0842 e. The van der Waals surface area contributed by atoms with E-state index >= 15 is 0 Å². The maximum absolute atomic E-state index is 4.80. The zero-order chi connectivity index (χ0) is 6.36. The van der Waals surface area contributed by atoms with Crippen LogP contribution in [0.25, 0.3) is 0 Å². The molecule has 0 aromatic heterocycles. The van der Waals surface area contributed by atoms with Gasteiger partial charge in [-0.3, -0.25) is 0 Å². The van der Waals surface area contributed by atoms with Crippen molar-refractivity contribution in [3.05, 3.63) is 0 Å². The summed E-state index contributed by atoms with van der Waals surface area (Å²) < 4.78 is 4.76. The highest BCUT2D eigenvalue weighted by Gasteiger charge is 1.97. The van der Waals surface area contributed by atoms with Crippen LogP contribution in [0, 0.1) is 0 Å². The molecule has 1 fully saturated rings. The average Bonchev–Trinajstić information content (AvgIpc) is 2.00. The van der Waals surface area contributed by atoms with E-state index in [0.717, 1.165) is 18.8 Å². The molecule has 0 atom stereocenters. The molecule has 0 bridgehead atoms. The van der Waals surface area contributed by atoms with Crippen LogP contribution in [0.15, 0.2) is 0 Å². The summed E-state index contributed by atoms with van der Waals surface area (Å²) in [4.78, 5) is 4.80. The van der Waals surface area contributed by atoms with E-state index in [1.807, 2.05) is 11.8 Å². The summed E-state index contributed by atoms with van der Waals surface area (Å²) in [5.41, 5.74) is 0. The van der Waals surface area contributed by atoms with Gasteiger partial charge in [-0.25, -0.2) is 4.89 Å². The third kappa shape index (κ3) is 4.08. The van der Waals surface area contributed by atoms with Crippen molar-refractivity contribution >= 4 is 23.8 Å². The topological polar surface area (TPSA) is 18.5 Å². The minimum absolute atomic E-state index is 0.736. The van der Waals surface area contributed by atoms with Crippen LogP contribution in [-0.4, -0.2) is 23.9 Å². The summed E-state index contributed by atoms with van der Waals surface area (Å²) in [6.07, 6.45) is 1.10. The standard InChI is InChI=1S/C5H10O2S2/c1-2-6-7-9-5-4-8-3-1/h1-5H2. The highest BCUT2D eigenvalue weighted by molar-refractivity contribution is 8.01. The van der Waals surface area contributed by atoms with Gasteiger partial charge in [0.25, 0.3) is 0 Å². The Balaban J connectivity index is 2.02. The second-order valence-corrected chi connectivity index (χ2v) is 3.68. The molecule has 0 unspecified atom stereocenters. The van der Waals surface area contributed by atoms with Gasteiger partial charge in [0.15, 0.2) is 0 Å². The first-order chi connectivity index (χ1) is 4.50. The highest BCUT2D eigenvalue weighted by Crippen LogP contribution is 2.12. The normalized spacial score (nSPS) is 24.0. The number of rotatable bonds is 0. The van der Waals surface area contributed by atoms with Crippen LogP contribution in [0.4, 0.5) is 0 Å². The Morgan fingerprint density at radius 1 is 1.11 bits per heavy atom. The number of thioether (sulfide) groups is 1. The number of hydrogen-bond donors (Lipinski definition) is 0. The van der Waals surface area contributed by atoms with Gasteiger partial charge in [-0.1, -0.05) is 0 Å². The second-order valence-electron chi connectivity index (χ2n) is 1.68.